The molecule has 0 radical (unpaired) electrons. The maximum atomic E-state index is 13.0. The first-order chi connectivity index (χ1) is 12.9. The Labute approximate surface area is 159 Å². The van der Waals surface area contributed by atoms with E-state index in [0.717, 1.165) is 16.7 Å². The highest BCUT2D eigenvalue weighted by atomic mass is 16.7. The molecule has 7 heteroatoms. The number of carbonyl (C=O) groups is 2. The quantitative estimate of drug-likeness (QED) is 0.817. The molecule has 146 valence electrons. The fourth-order valence-electron chi connectivity index (χ4n) is 3.71. The molecular formula is C20H26N2O5. The molecular weight excluding hydrogens is 348 g/mol. The Morgan fingerprint density at radius 3 is 2.59 bits per heavy atom. The fraction of sp³-hybridized carbons (Fsp3) is 0.500. The second-order valence-electron chi connectivity index (χ2n) is 6.96. The van der Waals surface area contributed by atoms with Gasteiger partial charge in [0.1, 0.15) is 5.54 Å². The van der Waals surface area contributed by atoms with E-state index >= 15 is 0 Å². The van der Waals surface area contributed by atoms with Crippen LogP contribution in [0.25, 0.3) is 5.57 Å². The fourth-order valence-corrected chi connectivity index (χ4v) is 3.71. The molecule has 2 aliphatic heterocycles. The molecule has 7 nitrogen and oxygen atoms in total. The van der Waals surface area contributed by atoms with Gasteiger partial charge < -0.3 is 19.6 Å². The summed E-state index contributed by atoms with van der Waals surface area (Å²) in [7, 11) is 1.62. The number of hydrogen-bond donors (Lipinski definition) is 1. The molecule has 1 N–H and O–H groups in total. The molecule has 0 saturated carbocycles. The van der Waals surface area contributed by atoms with Gasteiger partial charge in [-0.1, -0.05) is 23.8 Å². The maximum Gasteiger partial charge on any atom is 0.513 e. The average Bonchev–Trinajstić information content (AvgIpc) is 2.89. The summed E-state index contributed by atoms with van der Waals surface area (Å²) in [5, 5.41) is 4.91. The molecule has 0 unspecified atom stereocenters. The third-order valence-corrected chi connectivity index (χ3v) is 5.19. The minimum absolute atomic E-state index is 0.205. The van der Waals surface area contributed by atoms with E-state index in [9.17, 15) is 9.59 Å². The lowest BCUT2D eigenvalue weighted by Crippen LogP contribution is -2.53. The van der Waals surface area contributed by atoms with Gasteiger partial charge in [0.2, 0.25) is 0 Å². The zero-order valence-electron chi connectivity index (χ0n) is 16.3. The molecule has 1 amide bonds. The number of rotatable bonds is 4. The van der Waals surface area contributed by atoms with E-state index in [0.29, 0.717) is 37.3 Å². The molecule has 1 spiro atoms. The normalized spacial score (nSPS) is 19.3. The largest absolute Gasteiger partial charge is 0.513 e. The first kappa shape index (κ1) is 19.4. The summed E-state index contributed by atoms with van der Waals surface area (Å²) in [6.07, 6.45) is 0.367. The van der Waals surface area contributed by atoms with Crippen molar-refractivity contribution in [3.63, 3.8) is 0 Å². The number of nitrogens with zero attached hydrogens (tertiary/aromatic N) is 1. The Morgan fingerprint density at radius 2 is 1.96 bits per heavy atom. The minimum atomic E-state index is -0.791. The number of amides is 1. The maximum absolute atomic E-state index is 13.0. The summed E-state index contributed by atoms with van der Waals surface area (Å²) < 4.78 is 10.6. The molecule has 2 aliphatic rings. The van der Waals surface area contributed by atoms with Crippen LogP contribution in [0, 0.1) is 13.8 Å². The number of hydrogen-bond acceptors (Lipinski definition) is 6. The first-order valence-corrected chi connectivity index (χ1v) is 9.18. The van der Waals surface area contributed by atoms with Crippen molar-refractivity contribution < 1.29 is 23.9 Å². The van der Waals surface area contributed by atoms with Crippen LogP contribution in [0.4, 0.5) is 4.79 Å². The van der Waals surface area contributed by atoms with Crippen LogP contribution in [-0.4, -0.2) is 49.5 Å². The summed E-state index contributed by atoms with van der Waals surface area (Å²) in [5.74, 6) is 0.129. The summed E-state index contributed by atoms with van der Waals surface area (Å²) in [5.41, 5.74) is 2.43. The van der Waals surface area contributed by atoms with Crippen LogP contribution in [0.1, 0.15) is 36.5 Å². The second kappa shape index (κ2) is 7.70. The van der Waals surface area contributed by atoms with E-state index in [2.05, 4.69) is 5.32 Å². The van der Waals surface area contributed by atoms with Crippen molar-refractivity contribution >= 4 is 17.6 Å². The van der Waals surface area contributed by atoms with Crippen molar-refractivity contribution in [2.75, 3.05) is 26.8 Å². The highest BCUT2D eigenvalue weighted by Gasteiger charge is 2.50. The van der Waals surface area contributed by atoms with Gasteiger partial charge in [-0.15, -0.1) is 0 Å². The van der Waals surface area contributed by atoms with Gasteiger partial charge in [-0.2, -0.15) is 5.06 Å². The molecule has 0 aliphatic carbocycles. The molecule has 1 aromatic rings. The Hall–Kier alpha value is -2.38. The molecule has 0 aromatic heterocycles. The van der Waals surface area contributed by atoms with Crippen LogP contribution in [0.3, 0.4) is 0 Å². The Balaban J connectivity index is 2.08. The minimum Gasteiger partial charge on any atom is -0.434 e. The van der Waals surface area contributed by atoms with Crippen LogP contribution in [0.2, 0.25) is 0 Å². The van der Waals surface area contributed by atoms with Crippen LogP contribution in [-0.2, 0) is 19.1 Å². The average molecular weight is 374 g/mol. The highest BCUT2D eigenvalue weighted by Crippen LogP contribution is 2.41. The van der Waals surface area contributed by atoms with E-state index in [-0.39, 0.29) is 12.5 Å². The molecule has 0 atom stereocenters. The van der Waals surface area contributed by atoms with Gasteiger partial charge in [0.05, 0.1) is 19.3 Å². The van der Waals surface area contributed by atoms with Gasteiger partial charge in [-0.05, 0) is 44.7 Å². The summed E-state index contributed by atoms with van der Waals surface area (Å²) >= 11 is 0. The monoisotopic (exact) mass is 374 g/mol. The van der Waals surface area contributed by atoms with Gasteiger partial charge in [0.15, 0.2) is 5.76 Å². The van der Waals surface area contributed by atoms with Gasteiger partial charge in [-0.25, -0.2) is 4.79 Å². The van der Waals surface area contributed by atoms with Gasteiger partial charge in [-0.3, -0.25) is 4.79 Å². The van der Waals surface area contributed by atoms with Gasteiger partial charge >= 0.3 is 6.16 Å². The van der Waals surface area contributed by atoms with Crippen LogP contribution in [0.5, 0.6) is 0 Å². The Morgan fingerprint density at radius 1 is 1.26 bits per heavy atom. The third-order valence-electron chi connectivity index (χ3n) is 5.19. The zero-order chi connectivity index (χ0) is 19.6. The highest BCUT2D eigenvalue weighted by molar-refractivity contribution is 6.23. The predicted octanol–water partition coefficient (Wildman–Crippen LogP) is 2.71. The number of carbonyl (C=O) groups excluding carboxylic acids is 2. The van der Waals surface area contributed by atoms with Gasteiger partial charge in [0.25, 0.3) is 5.91 Å². The Bertz CT molecular complexity index is 779. The number of aryl methyl sites for hydroxylation is 2. The smallest absolute Gasteiger partial charge is 0.434 e. The van der Waals surface area contributed by atoms with E-state index in [1.807, 2.05) is 37.1 Å². The molecule has 1 saturated heterocycles. The predicted molar refractivity (Wildman–Crippen MR) is 99.6 cm³/mol. The summed E-state index contributed by atoms with van der Waals surface area (Å²) in [6.45, 7) is 7.06. The van der Waals surface area contributed by atoms with E-state index in [4.69, 9.17) is 14.3 Å². The number of hydroxylamine groups is 2. The molecule has 1 fully saturated rings. The Kier molecular flexibility index (Phi) is 5.53. The summed E-state index contributed by atoms with van der Waals surface area (Å²) in [6, 6.07) is 5.90. The second-order valence-corrected chi connectivity index (χ2v) is 6.96. The van der Waals surface area contributed by atoms with Crippen molar-refractivity contribution in [2.24, 2.45) is 0 Å². The van der Waals surface area contributed by atoms with Crippen LogP contribution in [0.15, 0.2) is 24.0 Å². The topological polar surface area (TPSA) is 77.1 Å². The summed E-state index contributed by atoms with van der Waals surface area (Å²) in [4.78, 5) is 30.4. The van der Waals surface area contributed by atoms with Crippen molar-refractivity contribution in [1.82, 2.24) is 10.4 Å². The first-order valence-electron chi connectivity index (χ1n) is 9.18. The standard InChI is InChI=1S/C20H26N2O5/c1-5-26-19(24)27-17-16(15-12-13(2)6-7-14(15)3)18(23)21-20(17)8-10-22(25-4)11-9-20/h6-7,12H,5,8-11H2,1-4H3,(H,21,23). The number of ether oxygens (including phenoxy) is 2. The lowest BCUT2D eigenvalue weighted by atomic mass is 9.85. The molecule has 2 heterocycles. The molecule has 0 bridgehead atoms. The zero-order valence-corrected chi connectivity index (χ0v) is 16.3. The van der Waals surface area contributed by atoms with Crippen molar-refractivity contribution in [3.05, 3.63) is 40.6 Å². The molecule has 27 heavy (non-hydrogen) atoms. The SMILES string of the molecule is CCOC(=O)OC1=C(c2cc(C)ccc2C)C(=O)NC12CCN(OC)CC2. The molecule has 3 rings (SSSR count). The van der Waals surface area contributed by atoms with Gasteiger partial charge in [0, 0.05) is 13.1 Å². The van der Waals surface area contributed by atoms with Crippen molar-refractivity contribution in [2.45, 2.75) is 39.2 Å². The number of piperidine rings is 1. The van der Waals surface area contributed by atoms with Crippen LogP contribution < -0.4 is 5.32 Å². The molecule has 1 aromatic carbocycles. The number of benzene rings is 1. The third kappa shape index (κ3) is 3.70. The lowest BCUT2D eigenvalue weighted by molar-refractivity contribution is -0.152. The van der Waals surface area contributed by atoms with E-state index in [1.165, 1.54) is 0 Å². The van der Waals surface area contributed by atoms with Crippen LogP contribution >= 0.6 is 0 Å². The van der Waals surface area contributed by atoms with Crippen molar-refractivity contribution in [1.29, 1.82) is 0 Å². The van der Waals surface area contributed by atoms with E-state index < -0.39 is 11.7 Å². The number of nitrogens with one attached hydrogen (secondary N) is 1. The van der Waals surface area contributed by atoms with E-state index in [1.54, 1.807) is 14.0 Å². The lowest BCUT2D eigenvalue weighted by Gasteiger charge is -2.38. The van der Waals surface area contributed by atoms with Crippen molar-refractivity contribution in [3.8, 4) is 0 Å².